The molecular weight excluding hydrogens is 631 g/mol. The zero-order valence-corrected chi connectivity index (χ0v) is 34.1. The predicted octanol–water partition coefficient (Wildman–Crippen LogP) is 7.61. The molecule has 49 heavy (non-hydrogen) atoms. The van der Waals surface area contributed by atoms with Gasteiger partial charge in [0.05, 0.1) is 0 Å². The van der Waals surface area contributed by atoms with Crippen LogP contribution in [0, 0.1) is 0 Å². The van der Waals surface area contributed by atoms with E-state index in [2.05, 4.69) is 24.5 Å². The zero-order valence-electron chi connectivity index (χ0n) is 32.1. The Morgan fingerprint density at radius 3 is 0.878 bits per heavy atom. The van der Waals surface area contributed by atoms with Crippen molar-refractivity contribution in [3.05, 3.63) is 0 Å². The number of unbranched alkanes of at least 4 members (excludes halogenated alkanes) is 22. The first kappa shape index (κ1) is 52.2. The van der Waals surface area contributed by atoms with Crippen LogP contribution >= 0.6 is 0 Å². The van der Waals surface area contributed by atoms with Gasteiger partial charge in [0.2, 0.25) is 11.8 Å². The average Bonchev–Trinajstić information content (AvgIpc) is 3.04. The molecule has 0 heterocycles. The van der Waals surface area contributed by atoms with Crippen LogP contribution in [0.3, 0.4) is 0 Å². The summed E-state index contributed by atoms with van der Waals surface area (Å²) in [6, 6.07) is -1.32. The summed E-state index contributed by atoms with van der Waals surface area (Å²) in [4.78, 5) is 43.5. The molecule has 2 amide bonds. The molecule has 11 heteroatoms. The first-order valence-corrected chi connectivity index (χ1v) is 19.6. The van der Waals surface area contributed by atoms with Crippen molar-refractivity contribution in [3.8, 4) is 0 Å². The second-order valence-corrected chi connectivity index (χ2v) is 13.5. The summed E-state index contributed by atoms with van der Waals surface area (Å²) in [5.74, 6) is -2.72. The Labute approximate surface area is 322 Å². The van der Waals surface area contributed by atoms with Crippen LogP contribution in [0.15, 0.2) is 0 Å². The molecular formula is C38H76N4NaO6. The van der Waals surface area contributed by atoms with Gasteiger partial charge in [-0.15, -0.1) is 0 Å². The monoisotopic (exact) mass is 708 g/mol. The Kier molecular flexibility index (Phi) is 43.9. The molecule has 1 radical (unpaired) electrons. The Bertz CT molecular complexity index is 713. The summed E-state index contributed by atoms with van der Waals surface area (Å²) in [5, 5.41) is 24.1. The third-order valence-electron chi connectivity index (χ3n) is 8.80. The number of hydrogen-bond acceptors (Lipinski definition) is 6. The molecule has 0 aromatic carbocycles. The summed E-state index contributed by atoms with van der Waals surface area (Å²) in [6.45, 7) is 5.87. The Hall–Kier alpha value is -1.20. The van der Waals surface area contributed by atoms with Crippen LogP contribution in [-0.2, 0) is 19.2 Å². The molecule has 0 aliphatic heterocycles. The van der Waals surface area contributed by atoms with Gasteiger partial charge in [-0.2, -0.15) is 0 Å². The number of rotatable bonds is 36. The molecule has 2 atom stereocenters. The normalized spacial score (nSPS) is 12.0. The van der Waals surface area contributed by atoms with Crippen LogP contribution in [0.1, 0.15) is 194 Å². The van der Waals surface area contributed by atoms with E-state index < -0.39 is 35.8 Å². The van der Waals surface area contributed by atoms with Crippen LogP contribution in [0.5, 0.6) is 0 Å². The second kappa shape index (κ2) is 41.2. The first-order chi connectivity index (χ1) is 23.1. The van der Waals surface area contributed by atoms with Gasteiger partial charge in [-0.05, 0) is 38.8 Å². The minimum atomic E-state index is -0.907. The van der Waals surface area contributed by atoms with Crippen molar-refractivity contribution in [2.24, 2.45) is 11.5 Å². The van der Waals surface area contributed by atoms with Gasteiger partial charge in [0, 0.05) is 42.4 Å². The number of nitrogens with one attached hydrogen (secondary N) is 2. The summed E-state index contributed by atoms with van der Waals surface area (Å²) < 4.78 is 0. The fourth-order valence-corrected chi connectivity index (χ4v) is 5.68. The molecule has 0 rings (SSSR count). The van der Waals surface area contributed by atoms with E-state index >= 15 is 0 Å². The number of nitrogens with two attached hydrogens (primary N) is 2. The number of primary amides is 2. The fraction of sp³-hybridized carbons (Fsp3) is 0.895. The number of amides is 2. The Morgan fingerprint density at radius 2 is 0.673 bits per heavy atom. The van der Waals surface area contributed by atoms with E-state index in [1.165, 1.54) is 128 Å². The topological polar surface area (TPSA) is 185 Å². The van der Waals surface area contributed by atoms with Crippen molar-refractivity contribution in [2.45, 2.75) is 206 Å². The summed E-state index contributed by atoms with van der Waals surface area (Å²) in [7, 11) is 0. The van der Waals surface area contributed by atoms with Gasteiger partial charge in [0.15, 0.2) is 0 Å². The molecule has 0 saturated heterocycles. The van der Waals surface area contributed by atoms with Crippen molar-refractivity contribution >= 4 is 53.3 Å². The van der Waals surface area contributed by atoms with Gasteiger partial charge in [0.1, 0.15) is 12.1 Å². The van der Waals surface area contributed by atoms with Crippen molar-refractivity contribution in [1.29, 1.82) is 0 Å². The molecule has 0 saturated carbocycles. The van der Waals surface area contributed by atoms with E-state index in [4.69, 9.17) is 21.7 Å². The first-order valence-electron chi connectivity index (χ1n) is 19.6. The number of carboxylic acid groups (broad SMARTS) is 2. The van der Waals surface area contributed by atoms with E-state index in [1.54, 1.807) is 0 Å². The van der Waals surface area contributed by atoms with Crippen LogP contribution in [-0.4, -0.2) is 88.7 Å². The van der Waals surface area contributed by atoms with E-state index in [0.717, 1.165) is 25.7 Å². The quantitative estimate of drug-likeness (QED) is 0.0284. The number of carboxylic acids is 2. The molecule has 0 aromatic rings. The molecule has 0 unspecified atom stereocenters. The maximum absolute atomic E-state index is 11.0. The van der Waals surface area contributed by atoms with E-state index in [0.29, 0.717) is 13.1 Å². The zero-order chi connectivity index (χ0) is 36.1. The van der Waals surface area contributed by atoms with Crippen LogP contribution in [0.25, 0.3) is 0 Å². The van der Waals surface area contributed by atoms with Gasteiger partial charge >= 0.3 is 11.9 Å². The molecule has 10 nitrogen and oxygen atoms in total. The minimum absolute atomic E-state index is 0. The molecule has 0 spiro atoms. The maximum atomic E-state index is 11.0. The van der Waals surface area contributed by atoms with Gasteiger partial charge in [-0.1, -0.05) is 155 Å². The summed E-state index contributed by atoms with van der Waals surface area (Å²) >= 11 is 0. The standard InChI is InChI=1S/2C19H38N2O3.Na/c2*1-2-3-4-5-6-7-8-9-10-11-12-13-16-21-17(19(23)24)14-15-18(20)22;/h2*17,21H,2-16H2,1H3,(H2,20,22)(H,23,24);/t2*17-;/m00./s1. The van der Waals surface area contributed by atoms with Crippen molar-refractivity contribution in [2.75, 3.05) is 13.1 Å². The van der Waals surface area contributed by atoms with Crippen molar-refractivity contribution in [1.82, 2.24) is 10.6 Å². The van der Waals surface area contributed by atoms with Crippen LogP contribution in [0.4, 0.5) is 0 Å². The Morgan fingerprint density at radius 1 is 0.449 bits per heavy atom. The largest absolute Gasteiger partial charge is 0.480 e. The van der Waals surface area contributed by atoms with Gasteiger partial charge in [-0.25, -0.2) is 0 Å². The average molecular weight is 708 g/mol. The molecule has 0 fully saturated rings. The van der Waals surface area contributed by atoms with Crippen LogP contribution < -0.4 is 22.1 Å². The van der Waals surface area contributed by atoms with E-state index in [-0.39, 0.29) is 55.2 Å². The number of hydrogen-bond donors (Lipinski definition) is 6. The number of carbonyl (C=O) groups excluding carboxylic acids is 2. The number of carbonyl (C=O) groups is 4. The van der Waals surface area contributed by atoms with E-state index in [1.807, 2.05) is 0 Å². The molecule has 0 aliphatic carbocycles. The molecule has 285 valence electrons. The summed E-state index contributed by atoms with van der Waals surface area (Å²) in [5.41, 5.74) is 10.1. The minimum Gasteiger partial charge on any atom is -0.480 e. The molecule has 0 aliphatic rings. The van der Waals surface area contributed by atoms with Gasteiger partial charge in [-0.3, -0.25) is 19.2 Å². The van der Waals surface area contributed by atoms with Crippen LogP contribution in [0.2, 0.25) is 0 Å². The van der Waals surface area contributed by atoms with Crippen molar-refractivity contribution in [3.63, 3.8) is 0 Å². The summed E-state index contributed by atoms with van der Waals surface area (Å²) in [6.07, 6.45) is 31.7. The van der Waals surface area contributed by atoms with Gasteiger partial charge < -0.3 is 32.3 Å². The third-order valence-corrected chi connectivity index (χ3v) is 8.80. The predicted molar refractivity (Wildman–Crippen MR) is 204 cm³/mol. The molecule has 0 bridgehead atoms. The SMILES string of the molecule is CCCCCCCCCCCCCCN[C@@H](CCC(N)=O)C(=O)O.CCCCCCCCCCCCCCN[C@@H](CCC(N)=O)C(=O)O.[Na]. The Balaban J connectivity index is -0.000000846. The maximum Gasteiger partial charge on any atom is 0.320 e. The number of aliphatic carboxylic acids is 2. The second-order valence-electron chi connectivity index (χ2n) is 13.5. The van der Waals surface area contributed by atoms with Crippen molar-refractivity contribution < 1.29 is 29.4 Å². The van der Waals surface area contributed by atoms with E-state index in [9.17, 15) is 19.2 Å². The fourth-order valence-electron chi connectivity index (χ4n) is 5.68. The molecule has 0 aromatic heterocycles. The third kappa shape index (κ3) is 42.9. The molecule has 8 N–H and O–H groups in total. The smallest absolute Gasteiger partial charge is 0.320 e. The van der Waals surface area contributed by atoms with Gasteiger partial charge in [0.25, 0.3) is 0 Å².